The highest BCUT2D eigenvalue weighted by Crippen LogP contribution is 2.22. The van der Waals surface area contributed by atoms with Crippen LogP contribution >= 0.6 is 0 Å². The fourth-order valence-electron chi connectivity index (χ4n) is 2.48. The first-order valence-electron chi connectivity index (χ1n) is 7.84. The molecular weight excluding hydrogens is 334 g/mol. The Labute approximate surface area is 148 Å². The molecule has 0 spiro atoms. The summed E-state index contributed by atoms with van der Waals surface area (Å²) >= 11 is 0. The van der Waals surface area contributed by atoms with Gasteiger partial charge in [-0.3, -0.25) is 0 Å². The second kappa shape index (κ2) is 7.11. The van der Waals surface area contributed by atoms with Crippen LogP contribution in [-0.2, 0) is 16.1 Å². The zero-order valence-electron chi connectivity index (χ0n) is 14.2. The first-order valence-corrected chi connectivity index (χ1v) is 7.84. The minimum Gasteiger partial charge on any atom is -0.465 e. The molecule has 0 N–H and O–H groups in total. The number of benzene rings is 1. The molecule has 26 heavy (non-hydrogen) atoms. The first kappa shape index (κ1) is 17.2. The van der Waals surface area contributed by atoms with Gasteiger partial charge in [-0.15, -0.1) is 0 Å². The lowest BCUT2D eigenvalue weighted by atomic mass is 10.0. The van der Waals surface area contributed by atoms with Gasteiger partial charge in [-0.1, -0.05) is 0 Å². The third-order valence-electron chi connectivity index (χ3n) is 3.97. The van der Waals surface area contributed by atoms with Gasteiger partial charge in [0.1, 0.15) is 29.6 Å². The molecule has 6 nitrogen and oxygen atoms in total. The highest BCUT2D eigenvalue weighted by atomic mass is 16.5. The number of ether oxygens (including phenoxy) is 1. The van der Waals surface area contributed by atoms with E-state index < -0.39 is 11.6 Å². The minimum absolute atomic E-state index is 0.152. The Balaban J connectivity index is 1.87. The van der Waals surface area contributed by atoms with Crippen molar-refractivity contribution in [2.45, 2.75) is 20.5 Å². The number of furan rings is 1. The number of aryl methyl sites for hydroxylation is 2. The van der Waals surface area contributed by atoms with E-state index in [2.05, 4.69) is 0 Å². The molecule has 0 aliphatic carbocycles. The molecule has 0 radical (unpaired) electrons. The van der Waals surface area contributed by atoms with Crippen molar-refractivity contribution >= 4 is 23.0 Å². The van der Waals surface area contributed by atoms with Gasteiger partial charge in [0.05, 0.1) is 6.26 Å². The molecule has 0 fully saturated rings. The van der Waals surface area contributed by atoms with Crippen LogP contribution in [0.2, 0.25) is 0 Å². The van der Waals surface area contributed by atoms with Crippen LogP contribution in [0.4, 0.5) is 0 Å². The fourth-order valence-corrected chi connectivity index (χ4v) is 2.48. The highest BCUT2D eigenvalue weighted by Gasteiger charge is 2.14. The summed E-state index contributed by atoms with van der Waals surface area (Å²) in [6.07, 6.45) is 2.74. The van der Waals surface area contributed by atoms with Crippen LogP contribution in [0.5, 0.6) is 0 Å². The number of carbonyl (C=O) groups excluding carboxylic acids is 1. The van der Waals surface area contributed by atoms with Crippen molar-refractivity contribution in [3.8, 4) is 6.07 Å². The second-order valence-corrected chi connectivity index (χ2v) is 5.78. The van der Waals surface area contributed by atoms with Crippen molar-refractivity contribution in [2.75, 3.05) is 0 Å². The van der Waals surface area contributed by atoms with E-state index in [1.165, 1.54) is 18.4 Å². The average Bonchev–Trinajstić information content (AvgIpc) is 3.12. The maximum absolute atomic E-state index is 12.2. The maximum Gasteiger partial charge on any atom is 0.349 e. The number of esters is 1. The lowest BCUT2D eigenvalue weighted by Gasteiger charge is -2.09. The molecule has 0 saturated carbocycles. The molecule has 2 heterocycles. The SMILES string of the molecule is Cc1cc2oc(=O)cc(COC(=O)/C(C#N)=C/c3ccco3)c2cc1C. The summed E-state index contributed by atoms with van der Waals surface area (Å²) < 4.78 is 15.5. The standard InChI is InChI=1S/C20H15NO5/c1-12-6-17-15(9-19(22)26-18(17)7-13(12)2)11-25-20(23)14(10-21)8-16-4-3-5-24-16/h3-9H,11H2,1-2H3/b14-8+. The van der Waals surface area contributed by atoms with Crippen LogP contribution in [0.25, 0.3) is 17.0 Å². The van der Waals surface area contributed by atoms with Gasteiger partial charge in [0.15, 0.2) is 0 Å². The minimum atomic E-state index is -0.797. The van der Waals surface area contributed by atoms with E-state index in [0.717, 1.165) is 11.1 Å². The normalized spacial score (nSPS) is 11.3. The molecular formula is C20H15NO5. The van der Waals surface area contributed by atoms with Crippen LogP contribution in [0, 0.1) is 25.2 Å². The van der Waals surface area contributed by atoms with Crippen LogP contribution in [0.3, 0.4) is 0 Å². The first-order chi connectivity index (χ1) is 12.5. The smallest absolute Gasteiger partial charge is 0.349 e. The molecule has 130 valence electrons. The molecule has 0 aliphatic heterocycles. The van der Waals surface area contributed by atoms with E-state index >= 15 is 0 Å². The number of hydrogen-bond donors (Lipinski definition) is 0. The van der Waals surface area contributed by atoms with Crippen molar-refractivity contribution in [1.82, 2.24) is 0 Å². The Morgan fingerprint density at radius 1 is 1.27 bits per heavy atom. The van der Waals surface area contributed by atoms with Gasteiger partial charge < -0.3 is 13.6 Å². The van der Waals surface area contributed by atoms with Gasteiger partial charge in [0.25, 0.3) is 0 Å². The lowest BCUT2D eigenvalue weighted by molar-refractivity contribution is -0.139. The van der Waals surface area contributed by atoms with E-state index in [9.17, 15) is 9.59 Å². The monoisotopic (exact) mass is 349 g/mol. The molecule has 0 aliphatic rings. The van der Waals surface area contributed by atoms with Crippen molar-refractivity contribution in [3.05, 3.63) is 75.0 Å². The van der Waals surface area contributed by atoms with E-state index in [4.69, 9.17) is 18.8 Å². The lowest BCUT2D eigenvalue weighted by Crippen LogP contribution is -2.09. The van der Waals surface area contributed by atoms with Crippen molar-refractivity contribution in [3.63, 3.8) is 0 Å². The Morgan fingerprint density at radius 3 is 2.73 bits per heavy atom. The topological polar surface area (TPSA) is 93.4 Å². The van der Waals surface area contributed by atoms with Crippen molar-refractivity contribution < 1.29 is 18.4 Å². The maximum atomic E-state index is 12.2. The van der Waals surface area contributed by atoms with Gasteiger partial charge in [0, 0.05) is 23.1 Å². The predicted molar refractivity (Wildman–Crippen MR) is 94.1 cm³/mol. The summed E-state index contributed by atoms with van der Waals surface area (Å²) in [6, 6.07) is 9.98. The third-order valence-corrected chi connectivity index (χ3v) is 3.97. The Hall–Kier alpha value is -3.59. The van der Waals surface area contributed by atoms with Crippen LogP contribution in [-0.4, -0.2) is 5.97 Å². The summed E-state index contributed by atoms with van der Waals surface area (Å²) in [6.45, 7) is 3.70. The molecule has 6 heteroatoms. The van der Waals surface area contributed by atoms with E-state index in [1.807, 2.05) is 19.9 Å². The molecule has 0 atom stereocenters. The van der Waals surface area contributed by atoms with Gasteiger partial charge in [0.2, 0.25) is 0 Å². The third kappa shape index (κ3) is 3.57. The van der Waals surface area contributed by atoms with Crippen LogP contribution in [0.15, 0.2) is 55.8 Å². The zero-order valence-corrected chi connectivity index (χ0v) is 14.2. The molecule has 0 unspecified atom stereocenters. The number of carbonyl (C=O) groups is 1. The Bertz CT molecular complexity index is 1100. The molecule has 0 amide bonds. The molecule has 3 aromatic rings. The van der Waals surface area contributed by atoms with Crippen molar-refractivity contribution in [2.24, 2.45) is 0 Å². The van der Waals surface area contributed by atoms with E-state index in [-0.39, 0.29) is 12.2 Å². The van der Waals surface area contributed by atoms with Crippen LogP contribution < -0.4 is 5.63 Å². The number of nitriles is 1. The summed E-state index contributed by atoms with van der Waals surface area (Å²) in [5.41, 5.74) is 2.23. The summed E-state index contributed by atoms with van der Waals surface area (Å²) in [4.78, 5) is 23.9. The zero-order chi connectivity index (χ0) is 18.7. The van der Waals surface area contributed by atoms with Crippen molar-refractivity contribution in [1.29, 1.82) is 5.26 Å². The number of nitrogens with zero attached hydrogens (tertiary/aromatic N) is 1. The quantitative estimate of drug-likeness (QED) is 0.309. The average molecular weight is 349 g/mol. The summed E-state index contributed by atoms with van der Waals surface area (Å²) in [7, 11) is 0. The molecule has 2 aromatic heterocycles. The number of fused-ring (bicyclic) bond motifs is 1. The number of hydrogen-bond acceptors (Lipinski definition) is 6. The van der Waals surface area contributed by atoms with Crippen LogP contribution in [0.1, 0.15) is 22.5 Å². The van der Waals surface area contributed by atoms with Gasteiger partial charge in [-0.05, 0) is 49.2 Å². The van der Waals surface area contributed by atoms with E-state index in [0.29, 0.717) is 22.3 Å². The van der Waals surface area contributed by atoms with Gasteiger partial charge in [-0.2, -0.15) is 5.26 Å². The summed E-state index contributed by atoms with van der Waals surface area (Å²) in [5, 5.41) is 9.84. The summed E-state index contributed by atoms with van der Waals surface area (Å²) in [5.74, 6) is -0.426. The molecule has 0 bridgehead atoms. The highest BCUT2D eigenvalue weighted by molar-refractivity contribution is 5.97. The predicted octanol–water partition coefficient (Wildman–Crippen LogP) is 3.65. The van der Waals surface area contributed by atoms with Gasteiger partial charge in [-0.25, -0.2) is 9.59 Å². The number of rotatable bonds is 4. The second-order valence-electron chi connectivity index (χ2n) is 5.78. The largest absolute Gasteiger partial charge is 0.465 e. The molecule has 0 saturated heterocycles. The molecule has 1 aromatic carbocycles. The van der Waals surface area contributed by atoms with Gasteiger partial charge >= 0.3 is 11.6 Å². The van der Waals surface area contributed by atoms with E-state index in [1.54, 1.807) is 24.3 Å². The fraction of sp³-hybridized carbons (Fsp3) is 0.150. The molecule has 3 rings (SSSR count). The Kier molecular flexibility index (Phi) is 4.72. The Morgan fingerprint density at radius 2 is 2.04 bits per heavy atom.